The van der Waals surface area contributed by atoms with E-state index in [4.69, 9.17) is 5.73 Å². The largest absolute Gasteiger partial charge is 0.385 e. The van der Waals surface area contributed by atoms with Crippen LogP contribution in [-0.4, -0.2) is 9.55 Å². The highest BCUT2D eigenvalue weighted by molar-refractivity contribution is 5.83. The molecule has 3 heteroatoms. The number of pyridine rings is 1. The zero-order valence-corrected chi connectivity index (χ0v) is 8.78. The van der Waals surface area contributed by atoms with Gasteiger partial charge in [-0.2, -0.15) is 0 Å². The van der Waals surface area contributed by atoms with Crippen LogP contribution in [0.1, 0.15) is 20.8 Å². The lowest BCUT2D eigenvalue weighted by Gasteiger charge is -2.24. The van der Waals surface area contributed by atoms with Gasteiger partial charge in [-0.1, -0.05) is 0 Å². The molecule has 3 nitrogen and oxygen atoms in total. The Hall–Kier alpha value is -1.51. The molecule has 74 valence electrons. The van der Waals surface area contributed by atoms with E-state index in [2.05, 4.69) is 30.3 Å². The van der Waals surface area contributed by atoms with Crippen molar-refractivity contribution in [3.8, 4) is 0 Å². The van der Waals surface area contributed by atoms with Gasteiger partial charge < -0.3 is 10.3 Å². The van der Waals surface area contributed by atoms with Gasteiger partial charge in [-0.3, -0.25) is 4.98 Å². The maximum atomic E-state index is 5.97. The standard InChI is InChI=1S/C11H15N3/c1-11(2,3)14-9-4-5-13-7-8(9)6-10(14)12/h4-7H,12H2,1-3H3. The molecule has 2 rings (SSSR count). The van der Waals surface area contributed by atoms with Gasteiger partial charge in [-0.15, -0.1) is 0 Å². The maximum absolute atomic E-state index is 5.97. The molecule has 0 aliphatic carbocycles. The van der Waals surface area contributed by atoms with Gasteiger partial charge in [0, 0.05) is 23.3 Å². The first-order chi connectivity index (χ1) is 6.50. The molecule has 2 heterocycles. The summed E-state index contributed by atoms with van der Waals surface area (Å²) >= 11 is 0. The first-order valence-electron chi connectivity index (χ1n) is 4.71. The second kappa shape index (κ2) is 2.74. The molecule has 0 fully saturated rings. The lowest BCUT2D eigenvalue weighted by molar-refractivity contribution is 0.416. The van der Waals surface area contributed by atoms with Crippen LogP contribution >= 0.6 is 0 Å². The lowest BCUT2D eigenvalue weighted by atomic mass is 10.1. The summed E-state index contributed by atoms with van der Waals surface area (Å²) < 4.78 is 2.13. The van der Waals surface area contributed by atoms with E-state index >= 15 is 0 Å². The van der Waals surface area contributed by atoms with Crippen molar-refractivity contribution in [2.75, 3.05) is 5.73 Å². The number of nitrogens with zero attached hydrogens (tertiary/aromatic N) is 2. The number of aromatic nitrogens is 2. The van der Waals surface area contributed by atoms with Gasteiger partial charge in [-0.25, -0.2) is 0 Å². The number of anilines is 1. The summed E-state index contributed by atoms with van der Waals surface area (Å²) in [5.74, 6) is 0.792. The summed E-state index contributed by atoms with van der Waals surface area (Å²) in [6.45, 7) is 6.43. The highest BCUT2D eigenvalue weighted by Gasteiger charge is 2.18. The van der Waals surface area contributed by atoms with Gasteiger partial charge in [0.1, 0.15) is 5.82 Å². The molecule has 0 atom stereocenters. The van der Waals surface area contributed by atoms with E-state index in [1.54, 1.807) is 6.20 Å². The zero-order chi connectivity index (χ0) is 10.3. The van der Waals surface area contributed by atoms with E-state index < -0.39 is 0 Å². The molecule has 0 aliphatic heterocycles. The van der Waals surface area contributed by atoms with Crippen LogP contribution in [0.2, 0.25) is 0 Å². The molecule has 0 radical (unpaired) electrons. The molecular weight excluding hydrogens is 174 g/mol. The third-order valence-corrected chi connectivity index (χ3v) is 2.30. The second-order valence-electron chi connectivity index (χ2n) is 4.51. The van der Waals surface area contributed by atoms with E-state index in [1.165, 1.54) is 0 Å². The minimum Gasteiger partial charge on any atom is -0.385 e. The van der Waals surface area contributed by atoms with E-state index in [0.29, 0.717) is 0 Å². The first-order valence-corrected chi connectivity index (χ1v) is 4.71. The Balaban J connectivity index is 2.81. The molecule has 0 spiro atoms. The summed E-state index contributed by atoms with van der Waals surface area (Å²) in [6, 6.07) is 3.96. The van der Waals surface area contributed by atoms with Crippen LogP contribution in [0.25, 0.3) is 10.9 Å². The fourth-order valence-electron chi connectivity index (χ4n) is 1.83. The minimum absolute atomic E-state index is 0.00713. The Labute approximate surface area is 83.6 Å². The SMILES string of the molecule is CC(C)(C)n1c(N)cc2cnccc21. The van der Waals surface area contributed by atoms with Gasteiger partial charge in [0.2, 0.25) is 0 Å². The van der Waals surface area contributed by atoms with Crippen molar-refractivity contribution in [2.24, 2.45) is 0 Å². The Morgan fingerprint density at radius 1 is 1.36 bits per heavy atom. The molecule has 0 bridgehead atoms. The highest BCUT2D eigenvalue weighted by Crippen LogP contribution is 2.28. The summed E-state index contributed by atoms with van der Waals surface area (Å²) in [4.78, 5) is 4.08. The van der Waals surface area contributed by atoms with Crippen molar-refractivity contribution in [1.29, 1.82) is 0 Å². The van der Waals surface area contributed by atoms with Crippen molar-refractivity contribution in [3.05, 3.63) is 24.5 Å². The van der Waals surface area contributed by atoms with Crippen molar-refractivity contribution in [3.63, 3.8) is 0 Å². The molecule has 0 saturated heterocycles. The minimum atomic E-state index is 0.00713. The van der Waals surface area contributed by atoms with E-state index in [0.717, 1.165) is 16.7 Å². The highest BCUT2D eigenvalue weighted by atomic mass is 15.1. The smallest absolute Gasteiger partial charge is 0.104 e. The molecule has 2 aromatic heterocycles. The average Bonchev–Trinajstić information content (AvgIpc) is 2.38. The number of rotatable bonds is 0. The fourth-order valence-corrected chi connectivity index (χ4v) is 1.83. The van der Waals surface area contributed by atoms with Gasteiger partial charge in [0.15, 0.2) is 0 Å². The molecule has 0 saturated carbocycles. The van der Waals surface area contributed by atoms with Crippen molar-refractivity contribution < 1.29 is 0 Å². The van der Waals surface area contributed by atoms with Gasteiger partial charge in [0.25, 0.3) is 0 Å². The normalized spacial score (nSPS) is 12.2. The molecule has 0 aliphatic rings. The number of nitrogens with two attached hydrogens (primary N) is 1. The maximum Gasteiger partial charge on any atom is 0.104 e. The molecule has 0 amide bonds. The summed E-state index contributed by atoms with van der Waals surface area (Å²) in [6.07, 6.45) is 3.64. The Bertz CT molecular complexity index is 463. The number of fused-ring (bicyclic) bond motifs is 1. The predicted molar refractivity (Wildman–Crippen MR) is 59.1 cm³/mol. The molecule has 0 aromatic carbocycles. The molecule has 14 heavy (non-hydrogen) atoms. The van der Waals surface area contributed by atoms with Gasteiger partial charge in [-0.05, 0) is 32.9 Å². The topological polar surface area (TPSA) is 43.8 Å². The van der Waals surface area contributed by atoms with Crippen LogP contribution < -0.4 is 5.73 Å². The number of hydrogen-bond donors (Lipinski definition) is 1. The van der Waals surface area contributed by atoms with Crippen LogP contribution in [-0.2, 0) is 5.54 Å². The van der Waals surface area contributed by atoms with Gasteiger partial charge in [0.05, 0.1) is 5.52 Å². The molecule has 2 aromatic rings. The Morgan fingerprint density at radius 2 is 2.07 bits per heavy atom. The van der Waals surface area contributed by atoms with Crippen LogP contribution in [0, 0.1) is 0 Å². The van der Waals surface area contributed by atoms with Crippen molar-refractivity contribution in [2.45, 2.75) is 26.3 Å². The third-order valence-electron chi connectivity index (χ3n) is 2.30. The fraction of sp³-hybridized carbons (Fsp3) is 0.364. The Kier molecular flexibility index (Phi) is 1.77. The van der Waals surface area contributed by atoms with Gasteiger partial charge >= 0.3 is 0 Å². The third kappa shape index (κ3) is 1.25. The monoisotopic (exact) mass is 189 g/mol. The summed E-state index contributed by atoms with van der Waals surface area (Å²) in [5, 5.41) is 1.10. The van der Waals surface area contributed by atoms with Crippen molar-refractivity contribution >= 4 is 16.7 Å². The molecule has 2 N–H and O–H groups in total. The average molecular weight is 189 g/mol. The number of nitrogen functional groups attached to an aromatic ring is 1. The molecule has 0 unspecified atom stereocenters. The van der Waals surface area contributed by atoms with Crippen molar-refractivity contribution in [1.82, 2.24) is 9.55 Å². The predicted octanol–water partition coefficient (Wildman–Crippen LogP) is 2.37. The van der Waals surface area contributed by atoms with E-state index in [9.17, 15) is 0 Å². The van der Waals surface area contributed by atoms with Crippen LogP contribution in [0.5, 0.6) is 0 Å². The molecular formula is C11H15N3. The van der Waals surface area contributed by atoms with Crippen LogP contribution in [0.15, 0.2) is 24.5 Å². The van der Waals surface area contributed by atoms with E-state index in [-0.39, 0.29) is 5.54 Å². The van der Waals surface area contributed by atoms with Crippen LogP contribution in [0.4, 0.5) is 5.82 Å². The second-order valence-corrected chi connectivity index (χ2v) is 4.51. The summed E-state index contributed by atoms with van der Waals surface area (Å²) in [5.41, 5.74) is 7.13. The summed E-state index contributed by atoms with van der Waals surface area (Å²) in [7, 11) is 0. The zero-order valence-electron chi connectivity index (χ0n) is 8.78. The quantitative estimate of drug-likeness (QED) is 0.691. The first kappa shape index (κ1) is 9.06. The lowest BCUT2D eigenvalue weighted by Crippen LogP contribution is -2.22. The van der Waals surface area contributed by atoms with E-state index in [1.807, 2.05) is 18.3 Å². The Morgan fingerprint density at radius 3 is 2.71 bits per heavy atom. The van der Waals surface area contributed by atoms with Crippen LogP contribution in [0.3, 0.4) is 0 Å². The number of hydrogen-bond acceptors (Lipinski definition) is 2.